The molecule has 0 amide bonds. The average Bonchev–Trinajstić information content (AvgIpc) is 3.01. The second-order valence-corrected chi connectivity index (χ2v) is 11.1. The van der Waals surface area contributed by atoms with Crippen molar-refractivity contribution in [2.45, 2.75) is 20.8 Å². The molecule has 0 aliphatic heterocycles. The standard InChI is InChI=1S/C32H33ClN4O8/c1-32(2,3)31(40)45-20-19-44-30(39)27-21-25(12-15-28(27)37(41)42)35-34-24-10-13-26(14-11-24)36(4)17-18-43-29(38)16-7-22-5-8-23(33)9-6-22/h5-16,21H,17-20H2,1-4H3/b16-7+,35-34?. The Bertz CT molecular complexity index is 1570. The molecular weight excluding hydrogens is 604 g/mol. The van der Waals surface area contributed by atoms with Crippen LogP contribution in [0.2, 0.25) is 5.02 Å². The van der Waals surface area contributed by atoms with E-state index >= 15 is 0 Å². The Morgan fingerprint density at radius 2 is 1.51 bits per heavy atom. The van der Waals surface area contributed by atoms with Gasteiger partial charge in [0, 0.05) is 29.9 Å². The minimum absolute atomic E-state index is 0.175. The third-order valence-electron chi connectivity index (χ3n) is 6.08. The van der Waals surface area contributed by atoms with Crippen molar-refractivity contribution in [2.75, 3.05) is 38.3 Å². The van der Waals surface area contributed by atoms with Gasteiger partial charge in [-0.1, -0.05) is 23.7 Å². The molecule has 13 heteroatoms. The van der Waals surface area contributed by atoms with E-state index in [9.17, 15) is 24.5 Å². The van der Waals surface area contributed by atoms with Gasteiger partial charge in [0.2, 0.25) is 0 Å². The number of hydrogen-bond acceptors (Lipinski definition) is 11. The van der Waals surface area contributed by atoms with Crippen LogP contribution in [0.15, 0.2) is 83.0 Å². The molecule has 45 heavy (non-hydrogen) atoms. The lowest BCUT2D eigenvalue weighted by Crippen LogP contribution is -2.25. The topological polar surface area (TPSA) is 150 Å². The molecule has 0 heterocycles. The molecule has 236 valence electrons. The van der Waals surface area contributed by atoms with Crippen LogP contribution in [-0.4, -0.2) is 56.2 Å². The van der Waals surface area contributed by atoms with Crippen LogP contribution >= 0.6 is 11.6 Å². The van der Waals surface area contributed by atoms with E-state index in [-0.39, 0.29) is 31.1 Å². The van der Waals surface area contributed by atoms with Crippen LogP contribution in [0.25, 0.3) is 6.08 Å². The number of halogens is 1. The number of nitro groups is 1. The van der Waals surface area contributed by atoms with Gasteiger partial charge in [0.05, 0.1) is 28.3 Å². The minimum Gasteiger partial charge on any atom is -0.462 e. The van der Waals surface area contributed by atoms with Crippen LogP contribution in [-0.2, 0) is 23.8 Å². The number of benzene rings is 3. The molecule has 0 atom stereocenters. The van der Waals surface area contributed by atoms with E-state index in [0.717, 1.165) is 17.3 Å². The van der Waals surface area contributed by atoms with Gasteiger partial charge >= 0.3 is 17.9 Å². The number of rotatable bonds is 13. The quantitative estimate of drug-likeness (QED) is 0.0364. The van der Waals surface area contributed by atoms with Crippen LogP contribution in [0.1, 0.15) is 36.7 Å². The molecule has 0 radical (unpaired) electrons. The van der Waals surface area contributed by atoms with Crippen molar-refractivity contribution in [3.8, 4) is 0 Å². The number of carbonyl (C=O) groups is 3. The Kier molecular flexibility index (Phi) is 12.3. The van der Waals surface area contributed by atoms with E-state index in [1.165, 1.54) is 18.2 Å². The summed E-state index contributed by atoms with van der Waals surface area (Å²) >= 11 is 5.86. The molecule has 0 aliphatic carbocycles. The Hall–Kier alpha value is -5.10. The lowest BCUT2D eigenvalue weighted by Gasteiger charge is -2.18. The molecule has 0 fully saturated rings. The molecular formula is C32H33ClN4O8. The summed E-state index contributed by atoms with van der Waals surface area (Å²) in [5, 5.41) is 20.3. The Balaban J connectivity index is 1.53. The molecule has 0 spiro atoms. The largest absolute Gasteiger partial charge is 0.462 e. The second kappa shape index (κ2) is 16.1. The molecule has 3 rings (SSSR count). The third-order valence-corrected chi connectivity index (χ3v) is 6.34. The van der Waals surface area contributed by atoms with Crippen LogP contribution in [0.5, 0.6) is 0 Å². The minimum atomic E-state index is -0.957. The predicted octanol–water partition coefficient (Wildman–Crippen LogP) is 7.10. The fraction of sp³-hybridized carbons (Fsp3) is 0.281. The van der Waals surface area contributed by atoms with Crippen molar-refractivity contribution >= 4 is 58.3 Å². The van der Waals surface area contributed by atoms with Crippen LogP contribution in [0.3, 0.4) is 0 Å². The normalized spacial score (nSPS) is 11.4. The van der Waals surface area contributed by atoms with Crippen LogP contribution in [0.4, 0.5) is 22.7 Å². The van der Waals surface area contributed by atoms with Crippen molar-refractivity contribution in [3.05, 3.63) is 99.1 Å². The fourth-order valence-corrected chi connectivity index (χ4v) is 3.69. The Morgan fingerprint density at radius 3 is 2.16 bits per heavy atom. The van der Waals surface area contributed by atoms with Crippen LogP contribution in [0, 0.1) is 15.5 Å². The van der Waals surface area contributed by atoms with Gasteiger partial charge in [-0.05, 0) is 80.9 Å². The van der Waals surface area contributed by atoms with Gasteiger partial charge in [0.15, 0.2) is 0 Å². The van der Waals surface area contributed by atoms with Crippen LogP contribution < -0.4 is 4.90 Å². The Labute approximate surface area is 265 Å². The number of nitrogens with zero attached hydrogens (tertiary/aromatic N) is 4. The monoisotopic (exact) mass is 636 g/mol. The number of anilines is 1. The molecule has 12 nitrogen and oxygen atoms in total. The van der Waals surface area contributed by atoms with Gasteiger partial charge in [0.1, 0.15) is 25.4 Å². The summed E-state index contributed by atoms with van der Waals surface area (Å²) in [6.45, 7) is 5.22. The average molecular weight is 637 g/mol. The van der Waals surface area contributed by atoms with E-state index in [0.29, 0.717) is 17.3 Å². The van der Waals surface area contributed by atoms with E-state index in [1.54, 1.807) is 63.2 Å². The molecule has 0 aromatic heterocycles. The first-order valence-electron chi connectivity index (χ1n) is 13.8. The van der Waals surface area contributed by atoms with Gasteiger partial charge < -0.3 is 19.1 Å². The van der Waals surface area contributed by atoms with Crippen molar-refractivity contribution < 1.29 is 33.5 Å². The number of nitro benzene ring substituents is 1. The van der Waals surface area contributed by atoms with Crippen molar-refractivity contribution in [2.24, 2.45) is 15.6 Å². The molecule has 0 saturated carbocycles. The SMILES string of the molecule is CN(CCOC(=O)/C=C/c1ccc(Cl)cc1)c1ccc(N=Nc2ccc([N+](=O)[O-])c(C(=O)OCCOC(=O)C(C)(C)C)c2)cc1. The van der Waals surface area contributed by atoms with E-state index < -0.39 is 33.9 Å². The van der Waals surface area contributed by atoms with Gasteiger partial charge in [-0.15, -0.1) is 0 Å². The highest BCUT2D eigenvalue weighted by Gasteiger charge is 2.24. The van der Waals surface area contributed by atoms with E-state index in [2.05, 4.69) is 10.2 Å². The highest BCUT2D eigenvalue weighted by Crippen LogP contribution is 2.27. The first-order valence-corrected chi connectivity index (χ1v) is 14.2. The molecule has 0 bridgehead atoms. The number of ether oxygens (including phenoxy) is 3. The molecule has 0 aliphatic rings. The first-order chi connectivity index (χ1) is 21.3. The maximum Gasteiger partial charge on any atom is 0.345 e. The zero-order valence-electron chi connectivity index (χ0n) is 25.3. The third kappa shape index (κ3) is 11.2. The van der Waals surface area contributed by atoms with Gasteiger partial charge in [-0.25, -0.2) is 9.59 Å². The first kappa shape index (κ1) is 34.4. The van der Waals surface area contributed by atoms with Gasteiger partial charge in [-0.3, -0.25) is 14.9 Å². The summed E-state index contributed by atoms with van der Waals surface area (Å²) in [7, 11) is 1.85. The summed E-state index contributed by atoms with van der Waals surface area (Å²) in [6.07, 6.45) is 3.00. The molecule has 3 aromatic carbocycles. The van der Waals surface area contributed by atoms with Gasteiger partial charge in [-0.2, -0.15) is 10.2 Å². The zero-order chi connectivity index (χ0) is 33.0. The lowest BCUT2D eigenvalue weighted by atomic mass is 9.97. The predicted molar refractivity (Wildman–Crippen MR) is 169 cm³/mol. The molecule has 0 unspecified atom stereocenters. The summed E-state index contributed by atoms with van der Waals surface area (Å²) in [4.78, 5) is 49.1. The van der Waals surface area contributed by atoms with E-state index in [1.807, 2.05) is 24.1 Å². The van der Waals surface area contributed by atoms with Crippen molar-refractivity contribution in [3.63, 3.8) is 0 Å². The summed E-state index contributed by atoms with van der Waals surface area (Å²) in [5.74, 6) is -1.88. The number of likely N-dealkylation sites (N-methyl/N-ethyl adjacent to an activating group) is 1. The summed E-state index contributed by atoms with van der Waals surface area (Å²) < 4.78 is 15.4. The van der Waals surface area contributed by atoms with E-state index in [4.69, 9.17) is 25.8 Å². The highest BCUT2D eigenvalue weighted by atomic mass is 35.5. The highest BCUT2D eigenvalue weighted by molar-refractivity contribution is 6.30. The molecule has 3 aromatic rings. The number of azo groups is 1. The maximum atomic E-state index is 12.6. The lowest BCUT2D eigenvalue weighted by molar-refractivity contribution is -0.385. The van der Waals surface area contributed by atoms with Crippen molar-refractivity contribution in [1.29, 1.82) is 0 Å². The summed E-state index contributed by atoms with van der Waals surface area (Å²) in [6, 6.07) is 17.8. The second-order valence-electron chi connectivity index (χ2n) is 10.7. The summed E-state index contributed by atoms with van der Waals surface area (Å²) in [5.41, 5.74) is 0.879. The Morgan fingerprint density at radius 1 is 0.889 bits per heavy atom. The fourth-order valence-electron chi connectivity index (χ4n) is 3.56. The number of carbonyl (C=O) groups excluding carboxylic acids is 3. The van der Waals surface area contributed by atoms with Crippen molar-refractivity contribution in [1.82, 2.24) is 0 Å². The maximum absolute atomic E-state index is 12.6. The van der Waals surface area contributed by atoms with Gasteiger partial charge in [0.25, 0.3) is 5.69 Å². The zero-order valence-corrected chi connectivity index (χ0v) is 26.0. The smallest absolute Gasteiger partial charge is 0.345 e. The molecule has 0 N–H and O–H groups in total. The molecule has 0 saturated heterocycles. The number of esters is 3. The number of hydrogen-bond donors (Lipinski definition) is 0.